The van der Waals surface area contributed by atoms with Gasteiger partial charge in [-0.1, -0.05) is 49.4 Å². The van der Waals surface area contributed by atoms with Crippen molar-refractivity contribution in [1.29, 1.82) is 0 Å². The molecule has 0 radical (unpaired) electrons. The molecule has 2 heterocycles. The maximum absolute atomic E-state index is 13.7. The van der Waals surface area contributed by atoms with Crippen LogP contribution in [0.5, 0.6) is 5.88 Å². The van der Waals surface area contributed by atoms with Gasteiger partial charge in [0.15, 0.2) is 4.90 Å². The standard InChI is InChI=1S/C29H30FN3O5S/c1-5-24(21-9-7-6-8-10-21)33-26(17-38-18(2)3)32-28(34)27(29(33)35)39(36,37)22-13-11-20(12-14-22)23-15-16-25(30)31-19(23)4/h6-16,18,24,35H,5,17H2,1-4H3. The Morgan fingerprint density at radius 2 is 1.67 bits per heavy atom. The van der Waals surface area contributed by atoms with Gasteiger partial charge in [0, 0.05) is 11.3 Å². The minimum Gasteiger partial charge on any atom is -0.493 e. The van der Waals surface area contributed by atoms with E-state index in [1.54, 1.807) is 25.1 Å². The normalized spacial score (nSPS) is 12.6. The molecule has 1 N–H and O–H groups in total. The highest BCUT2D eigenvalue weighted by atomic mass is 32.2. The summed E-state index contributed by atoms with van der Waals surface area (Å²) in [5.41, 5.74) is 1.44. The van der Waals surface area contributed by atoms with Crippen molar-refractivity contribution in [2.75, 3.05) is 0 Å². The van der Waals surface area contributed by atoms with Gasteiger partial charge in [-0.3, -0.25) is 9.36 Å². The molecule has 4 rings (SSSR count). The number of nitrogens with zero attached hydrogens (tertiary/aromatic N) is 3. The van der Waals surface area contributed by atoms with Crippen LogP contribution in [0.1, 0.15) is 50.3 Å². The Morgan fingerprint density at radius 1 is 1.00 bits per heavy atom. The third kappa shape index (κ3) is 5.76. The van der Waals surface area contributed by atoms with Crippen molar-refractivity contribution in [3.8, 4) is 17.0 Å². The van der Waals surface area contributed by atoms with Crippen LogP contribution in [-0.2, 0) is 21.2 Å². The Balaban J connectivity index is 1.85. The molecular formula is C29H30FN3O5S. The number of sulfone groups is 1. The summed E-state index contributed by atoms with van der Waals surface area (Å²) >= 11 is 0. The van der Waals surface area contributed by atoms with Crippen LogP contribution in [0.15, 0.2) is 81.3 Å². The van der Waals surface area contributed by atoms with Crippen LogP contribution in [-0.4, -0.2) is 34.2 Å². The Kier molecular flexibility index (Phi) is 8.27. The highest BCUT2D eigenvalue weighted by molar-refractivity contribution is 7.91. The van der Waals surface area contributed by atoms with Gasteiger partial charge in [-0.15, -0.1) is 0 Å². The molecule has 2 aromatic heterocycles. The lowest BCUT2D eigenvalue weighted by atomic mass is 10.0. The molecule has 204 valence electrons. The number of rotatable bonds is 9. The van der Waals surface area contributed by atoms with Crippen molar-refractivity contribution in [1.82, 2.24) is 14.5 Å². The zero-order chi connectivity index (χ0) is 28.3. The first-order valence-electron chi connectivity index (χ1n) is 12.5. The van der Waals surface area contributed by atoms with Gasteiger partial charge in [-0.25, -0.2) is 13.4 Å². The summed E-state index contributed by atoms with van der Waals surface area (Å²) in [5.74, 6) is -1.19. The molecule has 39 heavy (non-hydrogen) atoms. The quantitative estimate of drug-likeness (QED) is 0.284. The average molecular weight is 552 g/mol. The molecule has 1 atom stereocenters. The number of pyridine rings is 1. The number of aromatic hydroxyl groups is 1. The molecule has 2 aromatic carbocycles. The van der Waals surface area contributed by atoms with E-state index in [1.165, 1.54) is 22.8 Å². The third-order valence-electron chi connectivity index (χ3n) is 6.36. The second kappa shape index (κ2) is 11.5. The first-order chi connectivity index (χ1) is 18.5. The lowest BCUT2D eigenvalue weighted by molar-refractivity contribution is 0.0571. The van der Waals surface area contributed by atoms with Crippen LogP contribution in [0, 0.1) is 12.9 Å². The molecule has 0 bridgehead atoms. The molecule has 0 aliphatic rings. The number of hydrogen-bond donors (Lipinski definition) is 1. The molecule has 4 aromatic rings. The fourth-order valence-electron chi connectivity index (χ4n) is 4.46. The van der Waals surface area contributed by atoms with Gasteiger partial charge in [0.2, 0.25) is 21.7 Å². The molecule has 8 nitrogen and oxygen atoms in total. The van der Waals surface area contributed by atoms with Gasteiger partial charge < -0.3 is 9.84 Å². The largest absolute Gasteiger partial charge is 0.493 e. The van der Waals surface area contributed by atoms with E-state index in [2.05, 4.69) is 9.97 Å². The summed E-state index contributed by atoms with van der Waals surface area (Å²) < 4.78 is 47.9. The molecule has 0 spiro atoms. The van der Waals surface area contributed by atoms with Crippen molar-refractivity contribution in [2.24, 2.45) is 0 Å². The number of hydrogen-bond acceptors (Lipinski definition) is 7. The maximum atomic E-state index is 13.7. The molecule has 0 aliphatic carbocycles. The van der Waals surface area contributed by atoms with E-state index < -0.39 is 38.2 Å². The van der Waals surface area contributed by atoms with Crippen LogP contribution >= 0.6 is 0 Å². The Morgan fingerprint density at radius 3 is 2.26 bits per heavy atom. The molecule has 0 aliphatic heterocycles. The van der Waals surface area contributed by atoms with E-state index in [0.717, 1.165) is 5.56 Å². The van der Waals surface area contributed by atoms with Crippen molar-refractivity contribution in [3.63, 3.8) is 0 Å². The lowest BCUT2D eigenvalue weighted by Crippen LogP contribution is -2.28. The van der Waals surface area contributed by atoms with E-state index in [1.807, 2.05) is 51.1 Å². The minimum absolute atomic E-state index is 0.0934. The van der Waals surface area contributed by atoms with Crippen molar-refractivity contribution >= 4 is 9.84 Å². The van der Waals surface area contributed by atoms with Gasteiger partial charge in [-0.2, -0.15) is 9.37 Å². The summed E-state index contributed by atoms with van der Waals surface area (Å²) in [6.07, 6.45) is 0.298. The van der Waals surface area contributed by atoms with Crippen molar-refractivity contribution in [2.45, 2.75) is 62.7 Å². The summed E-state index contributed by atoms with van der Waals surface area (Å²) in [7, 11) is -4.47. The van der Waals surface area contributed by atoms with E-state index >= 15 is 0 Å². The van der Waals surface area contributed by atoms with E-state index in [-0.39, 0.29) is 23.4 Å². The molecular weight excluding hydrogens is 521 g/mol. The Hall–Kier alpha value is -3.89. The van der Waals surface area contributed by atoms with Crippen molar-refractivity contribution in [3.05, 3.63) is 100 Å². The topological polar surface area (TPSA) is 111 Å². The molecule has 0 saturated carbocycles. The number of ether oxygens (including phenoxy) is 1. The fraction of sp³-hybridized carbons (Fsp3) is 0.276. The van der Waals surface area contributed by atoms with Crippen LogP contribution in [0.4, 0.5) is 4.39 Å². The molecule has 0 amide bonds. The van der Waals surface area contributed by atoms with Crippen molar-refractivity contribution < 1.29 is 22.7 Å². The lowest BCUT2D eigenvalue weighted by Gasteiger charge is -2.25. The highest BCUT2D eigenvalue weighted by Crippen LogP contribution is 2.34. The number of aromatic nitrogens is 3. The van der Waals surface area contributed by atoms with Crippen LogP contribution < -0.4 is 5.56 Å². The molecule has 1 unspecified atom stereocenters. The Labute approximate surface area is 226 Å². The SMILES string of the molecule is CCC(c1ccccc1)n1c(COC(C)C)nc(=O)c(S(=O)(=O)c2ccc(-c3ccc(F)nc3C)cc2)c1O. The van der Waals surface area contributed by atoms with Crippen LogP contribution in [0.3, 0.4) is 0 Å². The average Bonchev–Trinajstić information content (AvgIpc) is 2.89. The zero-order valence-corrected chi connectivity index (χ0v) is 22.9. The van der Waals surface area contributed by atoms with Gasteiger partial charge in [0.05, 0.1) is 17.0 Å². The summed E-state index contributed by atoms with van der Waals surface area (Å²) in [6.45, 7) is 7.09. The van der Waals surface area contributed by atoms with E-state index in [0.29, 0.717) is 23.2 Å². The zero-order valence-electron chi connectivity index (χ0n) is 22.1. The summed E-state index contributed by atoms with van der Waals surface area (Å²) in [6, 6.07) is 17.3. The van der Waals surface area contributed by atoms with Gasteiger partial charge in [-0.05, 0) is 62.6 Å². The van der Waals surface area contributed by atoms with Crippen LogP contribution in [0.2, 0.25) is 0 Å². The highest BCUT2D eigenvalue weighted by Gasteiger charge is 2.32. The fourth-order valence-corrected chi connectivity index (χ4v) is 5.81. The molecule has 0 fully saturated rings. The van der Waals surface area contributed by atoms with E-state index in [4.69, 9.17) is 4.74 Å². The number of halogens is 1. The third-order valence-corrected chi connectivity index (χ3v) is 8.15. The predicted octanol–water partition coefficient (Wildman–Crippen LogP) is 5.22. The predicted molar refractivity (Wildman–Crippen MR) is 145 cm³/mol. The van der Waals surface area contributed by atoms with Gasteiger partial charge in [0.1, 0.15) is 12.4 Å². The minimum atomic E-state index is -4.47. The van der Waals surface area contributed by atoms with Gasteiger partial charge >= 0.3 is 0 Å². The van der Waals surface area contributed by atoms with Gasteiger partial charge in [0.25, 0.3) is 5.56 Å². The molecule has 0 saturated heterocycles. The number of benzene rings is 2. The summed E-state index contributed by atoms with van der Waals surface area (Å²) in [4.78, 5) is 20.0. The second-order valence-electron chi connectivity index (χ2n) is 9.35. The smallest absolute Gasteiger partial charge is 0.296 e. The molecule has 10 heteroatoms. The first kappa shape index (κ1) is 28.1. The number of aryl methyl sites for hydroxylation is 1. The van der Waals surface area contributed by atoms with E-state index in [9.17, 15) is 22.7 Å². The maximum Gasteiger partial charge on any atom is 0.296 e. The monoisotopic (exact) mass is 551 g/mol. The second-order valence-corrected chi connectivity index (χ2v) is 11.2. The first-order valence-corrected chi connectivity index (χ1v) is 14.0. The van der Waals surface area contributed by atoms with Crippen LogP contribution in [0.25, 0.3) is 11.1 Å². The Bertz CT molecular complexity index is 1640. The summed E-state index contributed by atoms with van der Waals surface area (Å²) in [5, 5.41) is 11.4.